The van der Waals surface area contributed by atoms with Crippen LogP contribution in [-0.2, 0) is 4.79 Å². The third kappa shape index (κ3) is 1.90. The van der Waals surface area contributed by atoms with Crippen LogP contribution in [0.1, 0.15) is 47.0 Å². The molecule has 0 unspecified atom stereocenters. The Kier molecular flexibility index (Phi) is 3.05. The summed E-state index contributed by atoms with van der Waals surface area (Å²) < 4.78 is 0. The molecule has 0 saturated heterocycles. The summed E-state index contributed by atoms with van der Waals surface area (Å²) in [7, 11) is 0. The van der Waals surface area contributed by atoms with Crippen LogP contribution in [0, 0.1) is 23.2 Å². The molecule has 0 heterocycles. The van der Waals surface area contributed by atoms with E-state index in [2.05, 4.69) is 40.3 Å². The highest BCUT2D eigenvalue weighted by Gasteiger charge is 2.50. The van der Waals surface area contributed by atoms with Crippen LogP contribution in [0.25, 0.3) is 0 Å². The van der Waals surface area contributed by atoms with Crippen LogP contribution in [0.3, 0.4) is 0 Å². The van der Waals surface area contributed by atoms with E-state index < -0.39 is 0 Å². The number of carbonyl (C=O) groups excluding carboxylic acids is 1. The molecule has 1 heteroatoms. The number of rotatable bonds is 1. The Bertz CT molecular complexity index is 390. The number of hydrogen-bond acceptors (Lipinski definition) is 1. The lowest BCUT2D eigenvalue weighted by atomic mass is 9.54. The van der Waals surface area contributed by atoms with Gasteiger partial charge >= 0.3 is 0 Å². The van der Waals surface area contributed by atoms with E-state index in [-0.39, 0.29) is 5.41 Å². The lowest BCUT2D eigenvalue weighted by Crippen LogP contribution is -2.48. The standard InChI is InChI=1S/C16H24O/c1-10(2)13-8-14-7-11(3)6-12(4)16(14,5)15(17)9-13/h6,12-14H,1,7-9H2,2-5H3/t12-,13-,14-,16-/m1/s1. The van der Waals surface area contributed by atoms with Crippen molar-refractivity contribution < 1.29 is 4.79 Å². The summed E-state index contributed by atoms with van der Waals surface area (Å²) in [5.41, 5.74) is 2.52. The van der Waals surface area contributed by atoms with Crippen LogP contribution in [0.4, 0.5) is 0 Å². The summed E-state index contributed by atoms with van der Waals surface area (Å²) in [6.45, 7) is 12.7. The maximum absolute atomic E-state index is 12.5. The van der Waals surface area contributed by atoms with E-state index in [1.807, 2.05) is 0 Å². The average molecular weight is 232 g/mol. The fourth-order valence-electron chi connectivity index (χ4n) is 3.70. The molecule has 0 N–H and O–H groups in total. The Balaban J connectivity index is 2.33. The van der Waals surface area contributed by atoms with E-state index in [1.165, 1.54) is 11.1 Å². The van der Waals surface area contributed by atoms with Crippen molar-refractivity contribution in [2.24, 2.45) is 23.2 Å². The monoisotopic (exact) mass is 232 g/mol. The highest BCUT2D eigenvalue weighted by Crippen LogP contribution is 2.52. The summed E-state index contributed by atoms with van der Waals surface area (Å²) in [4.78, 5) is 12.5. The largest absolute Gasteiger partial charge is 0.299 e. The Labute approximate surface area is 105 Å². The topological polar surface area (TPSA) is 17.1 Å². The first-order chi connectivity index (χ1) is 7.85. The Morgan fingerprint density at radius 3 is 2.71 bits per heavy atom. The van der Waals surface area contributed by atoms with E-state index in [9.17, 15) is 4.79 Å². The highest BCUT2D eigenvalue weighted by atomic mass is 16.1. The summed E-state index contributed by atoms with van der Waals surface area (Å²) in [5.74, 6) is 1.78. The van der Waals surface area contributed by atoms with Gasteiger partial charge in [-0.3, -0.25) is 4.79 Å². The van der Waals surface area contributed by atoms with Gasteiger partial charge in [0, 0.05) is 11.8 Å². The number of allylic oxidation sites excluding steroid dienone is 3. The molecule has 0 spiro atoms. The third-order valence-electron chi connectivity index (χ3n) is 5.20. The minimum atomic E-state index is -0.120. The number of Topliss-reactive ketones (excluding diaryl/α,β-unsaturated/α-hetero) is 1. The molecule has 0 amide bonds. The summed E-state index contributed by atoms with van der Waals surface area (Å²) in [6, 6.07) is 0. The number of hydrogen-bond donors (Lipinski definition) is 0. The normalized spacial score (nSPS) is 41.8. The van der Waals surface area contributed by atoms with Crippen LogP contribution >= 0.6 is 0 Å². The lowest BCUT2D eigenvalue weighted by Gasteiger charge is -2.49. The van der Waals surface area contributed by atoms with Crippen LogP contribution in [0.15, 0.2) is 23.8 Å². The van der Waals surface area contributed by atoms with Crippen molar-refractivity contribution in [2.45, 2.75) is 47.0 Å². The van der Waals surface area contributed by atoms with Crippen LogP contribution in [-0.4, -0.2) is 5.78 Å². The first-order valence-corrected chi connectivity index (χ1v) is 6.71. The molecule has 2 aliphatic rings. The average Bonchev–Trinajstić information content (AvgIpc) is 2.22. The lowest BCUT2D eigenvalue weighted by molar-refractivity contribution is -0.138. The summed E-state index contributed by atoms with van der Waals surface area (Å²) in [6.07, 6.45) is 5.25. The molecule has 1 nitrogen and oxygen atoms in total. The summed E-state index contributed by atoms with van der Waals surface area (Å²) >= 11 is 0. The Morgan fingerprint density at radius 2 is 2.12 bits per heavy atom. The minimum Gasteiger partial charge on any atom is -0.299 e. The van der Waals surface area contributed by atoms with Gasteiger partial charge in [0.05, 0.1) is 0 Å². The molecule has 94 valence electrons. The van der Waals surface area contributed by atoms with E-state index >= 15 is 0 Å². The van der Waals surface area contributed by atoms with E-state index in [4.69, 9.17) is 0 Å². The zero-order chi connectivity index (χ0) is 12.8. The van der Waals surface area contributed by atoms with E-state index in [0.717, 1.165) is 12.8 Å². The molecule has 2 rings (SSSR count). The predicted molar refractivity (Wildman–Crippen MR) is 71.7 cm³/mol. The number of ketones is 1. The van der Waals surface area contributed by atoms with Gasteiger partial charge in [-0.25, -0.2) is 0 Å². The van der Waals surface area contributed by atoms with Crippen molar-refractivity contribution in [3.8, 4) is 0 Å². The van der Waals surface area contributed by atoms with Gasteiger partial charge in [0.1, 0.15) is 5.78 Å². The molecule has 0 bridgehead atoms. The quantitative estimate of drug-likeness (QED) is 0.621. The molecular formula is C16H24O. The van der Waals surface area contributed by atoms with Crippen molar-refractivity contribution in [1.82, 2.24) is 0 Å². The Morgan fingerprint density at radius 1 is 1.47 bits per heavy atom. The van der Waals surface area contributed by atoms with Crippen molar-refractivity contribution in [3.63, 3.8) is 0 Å². The summed E-state index contributed by atoms with van der Waals surface area (Å²) in [5, 5.41) is 0. The fourth-order valence-corrected chi connectivity index (χ4v) is 3.70. The van der Waals surface area contributed by atoms with Crippen molar-refractivity contribution in [1.29, 1.82) is 0 Å². The van der Waals surface area contributed by atoms with Gasteiger partial charge in [0.25, 0.3) is 0 Å². The van der Waals surface area contributed by atoms with Crippen LogP contribution in [0.2, 0.25) is 0 Å². The minimum absolute atomic E-state index is 0.120. The molecule has 17 heavy (non-hydrogen) atoms. The molecular weight excluding hydrogens is 208 g/mol. The van der Waals surface area contributed by atoms with Gasteiger partial charge in [-0.05, 0) is 44.4 Å². The first kappa shape index (κ1) is 12.6. The zero-order valence-electron chi connectivity index (χ0n) is 11.5. The van der Waals surface area contributed by atoms with Crippen molar-refractivity contribution in [3.05, 3.63) is 23.8 Å². The molecule has 2 aliphatic carbocycles. The van der Waals surface area contributed by atoms with Gasteiger partial charge in [0.2, 0.25) is 0 Å². The predicted octanol–water partition coefficient (Wildman–Crippen LogP) is 4.15. The molecule has 1 saturated carbocycles. The number of fused-ring (bicyclic) bond motifs is 1. The van der Waals surface area contributed by atoms with E-state index in [0.29, 0.717) is 30.0 Å². The number of carbonyl (C=O) groups is 1. The smallest absolute Gasteiger partial charge is 0.140 e. The molecule has 4 atom stereocenters. The molecule has 0 radical (unpaired) electrons. The SMILES string of the molecule is C=C(C)[C@H]1CC(=O)[C@@]2(C)[C@H](CC(C)=C[C@H]2C)C1. The second-order valence-electron chi connectivity index (χ2n) is 6.39. The van der Waals surface area contributed by atoms with Gasteiger partial charge in [-0.15, -0.1) is 0 Å². The Hall–Kier alpha value is -0.850. The van der Waals surface area contributed by atoms with Gasteiger partial charge in [-0.2, -0.15) is 0 Å². The van der Waals surface area contributed by atoms with Gasteiger partial charge < -0.3 is 0 Å². The maximum Gasteiger partial charge on any atom is 0.140 e. The second kappa shape index (κ2) is 4.12. The third-order valence-corrected chi connectivity index (χ3v) is 5.20. The second-order valence-corrected chi connectivity index (χ2v) is 6.39. The molecule has 1 fully saturated rings. The highest BCUT2D eigenvalue weighted by molar-refractivity contribution is 5.87. The molecule has 0 aliphatic heterocycles. The van der Waals surface area contributed by atoms with Crippen LogP contribution < -0.4 is 0 Å². The van der Waals surface area contributed by atoms with Crippen molar-refractivity contribution in [2.75, 3.05) is 0 Å². The van der Waals surface area contributed by atoms with Gasteiger partial charge in [-0.1, -0.05) is 37.6 Å². The zero-order valence-corrected chi connectivity index (χ0v) is 11.5. The van der Waals surface area contributed by atoms with Gasteiger partial charge in [0.15, 0.2) is 0 Å². The van der Waals surface area contributed by atoms with E-state index in [1.54, 1.807) is 0 Å². The van der Waals surface area contributed by atoms with Crippen LogP contribution in [0.5, 0.6) is 0 Å². The molecule has 0 aromatic heterocycles. The molecule has 0 aromatic carbocycles. The maximum atomic E-state index is 12.5. The van der Waals surface area contributed by atoms with Crippen molar-refractivity contribution >= 4 is 5.78 Å². The fraction of sp³-hybridized carbons (Fsp3) is 0.688. The molecule has 0 aromatic rings. The first-order valence-electron chi connectivity index (χ1n) is 6.71.